The summed E-state index contributed by atoms with van der Waals surface area (Å²) in [6, 6.07) is 14.8. The molecular weight excluding hydrogens is 371 g/mol. The van der Waals surface area contributed by atoms with Crippen LogP contribution in [0.2, 0.25) is 10.0 Å². The molecule has 2 aromatic carbocycles. The molecule has 0 radical (unpaired) electrons. The van der Waals surface area contributed by atoms with Crippen molar-refractivity contribution in [3.8, 4) is 0 Å². The Hall–Kier alpha value is -2.10. The van der Waals surface area contributed by atoms with Crippen molar-refractivity contribution in [2.45, 2.75) is 31.1 Å². The number of ether oxygens (including phenoxy) is 1. The van der Waals surface area contributed by atoms with Crippen LogP contribution in [-0.2, 0) is 14.3 Å². The van der Waals surface area contributed by atoms with E-state index >= 15 is 0 Å². The van der Waals surface area contributed by atoms with Gasteiger partial charge < -0.3 is 4.74 Å². The lowest BCUT2D eigenvalue weighted by atomic mass is 9.75. The highest BCUT2D eigenvalue weighted by Gasteiger charge is 2.39. The lowest BCUT2D eigenvalue weighted by Crippen LogP contribution is -2.30. The van der Waals surface area contributed by atoms with Crippen LogP contribution in [0.5, 0.6) is 0 Å². The zero-order chi connectivity index (χ0) is 18.3. The Morgan fingerprint density at radius 3 is 1.96 bits per heavy atom. The van der Waals surface area contributed by atoms with Crippen molar-refractivity contribution in [1.82, 2.24) is 0 Å². The van der Waals surface area contributed by atoms with Gasteiger partial charge in [-0.25, -0.2) is 0 Å². The third-order valence-corrected chi connectivity index (χ3v) is 5.54. The predicted molar refractivity (Wildman–Crippen MR) is 100 cm³/mol. The molecule has 0 N–H and O–H groups in total. The van der Waals surface area contributed by atoms with Crippen LogP contribution in [0.25, 0.3) is 0 Å². The normalized spacial score (nSPS) is 22.8. The standard InChI is InChI=1S/C21H16Cl2O3/c22-15-5-1-12(2-6-15)14-9-18(24)21-17(11-20(25)26-19(21)10-14)13-3-7-16(23)8-4-13/h1-8,14,17H,9-11H2/t14-,17-/m1/s1. The van der Waals surface area contributed by atoms with Gasteiger partial charge in [-0.1, -0.05) is 47.5 Å². The summed E-state index contributed by atoms with van der Waals surface area (Å²) in [6.07, 6.45) is 1.12. The minimum absolute atomic E-state index is 0.00437. The largest absolute Gasteiger partial charge is 0.431 e. The minimum Gasteiger partial charge on any atom is -0.431 e. The Labute approximate surface area is 161 Å². The molecule has 0 saturated heterocycles. The third kappa shape index (κ3) is 3.29. The maximum absolute atomic E-state index is 12.9. The molecule has 132 valence electrons. The molecule has 0 unspecified atom stereocenters. The second kappa shape index (κ2) is 6.90. The van der Waals surface area contributed by atoms with Crippen LogP contribution in [0.15, 0.2) is 59.9 Å². The summed E-state index contributed by atoms with van der Waals surface area (Å²) in [6.45, 7) is 0. The van der Waals surface area contributed by atoms with E-state index < -0.39 is 0 Å². The summed E-state index contributed by atoms with van der Waals surface area (Å²) >= 11 is 11.9. The highest BCUT2D eigenvalue weighted by molar-refractivity contribution is 6.30. The molecule has 3 nitrogen and oxygen atoms in total. The number of rotatable bonds is 2. The number of hydrogen-bond donors (Lipinski definition) is 0. The van der Waals surface area contributed by atoms with Gasteiger partial charge in [-0.05, 0) is 41.3 Å². The molecule has 2 aliphatic rings. The first-order valence-electron chi connectivity index (χ1n) is 8.49. The average molecular weight is 387 g/mol. The van der Waals surface area contributed by atoms with Gasteiger partial charge >= 0.3 is 5.97 Å². The molecule has 5 heteroatoms. The van der Waals surface area contributed by atoms with E-state index in [-0.39, 0.29) is 30.0 Å². The van der Waals surface area contributed by atoms with E-state index in [1.807, 2.05) is 36.4 Å². The van der Waals surface area contributed by atoms with Crippen LogP contribution in [0.3, 0.4) is 0 Å². The zero-order valence-corrected chi connectivity index (χ0v) is 15.4. The fraction of sp³-hybridized carbons (Fsp3) is 0.238. The Morgan fingerprint density at radius 1 is 0.769 bits per heavy atom. The second-order valence-corrected chi connectivity index (χ2v) is 7.57. The molecule has 2 atom stereocenters. The van der Waals surface area contributed by atoms with Crippen molar-refractivity contribution in [2.24, 2.45) is 0 Å². The molecule has 1 heterocycles. The van der Waals surface area contributed by atoms with Gasteiger partial charge in [0.1, 0.15) is 5.76 Å². The Morgan fingerprint density at radius 2 is 1.35 bits per heavy atom. The number of halogens is 2. The first-order chi connectivity index (χ1) is 12.5. The number of hydrogen-bond acceptors (Lipinski definition) is 3. The summed E-state index contributed by atoms with van der Waals surface area (Å²) in [4.78, 5) is 25.1. The molecule has 0 bridgehead atoms. The Bertz CT molecular complexity index is 898. The lowest BCUT2D eigenvalue weighted by Gasteiger charge is -2.33. The highest BCUT2D eigenvalue weighted by Crippen LogP contribution is 2.44. The number of carbonyl (C=O) groups is 2. The number of carbonyl (C=O) groups excluding carboxylic acids is 2. The first-order valence-corrected chi connectivity index (χ1v) is 9.24. The number of benzene rings is 2. The molecule has 0 fully saturated rings. The van der Waals surface area contributed by atoms with E-state index in [0.717, 1.165) is 11.1 Å². The van der Waals surface area contributed by atoms with Gasteiger partial charge in [0.05, 0.1) is 6.42 Å². The molecule has 0 spiro atoms. The molecular formula is C21H16Cl2O3. The van der Waals surface area contributed by atoms with E-state index in [1.165, 1.54) is 0 Å². The van der Waals surface area contributed by atoms with Crippen molar-refractivity contribution >= 4 is 35.0 Å². The molecule has 2 aromatic rings. The van der Waals surface area contributed by atoms with Crippen LogP contribution in [0.1, 0.15) is 42.2 Å². The van der Waals surface area contributed by atoms with Crippen LogP contribution < -0.4 is 0 Å². The van der Waals surface area contributed by atoms with Crippen LogP contribution in [0, 0.1) is 0 Å². The summed E-state index contributed by atoms with van der Waals surface area (Å²) in [7, 11) is 0. The van der Waals surface area contributed by atoms with Gasteiger partial charge in [0.2, 0.25) is 0 Å². The SMILES string of the molecule is O=C1C[C@H](c2ccc(Cl)cc2)C2=C(C[C@H](c3ccc(Cl)cc3)CC2=O)O1. The minimum atomic E-state index is -0.298. The first kappa shape index (κ1) is 17.3. The fourth-order valence-corrected chi connectivity index (χ4v) is 4.03. The summed E-state index contributed by atoms with van der Waals surface area (Å²) in [5.74, 6) is -0.0122. The van der Waals surface area contributed by atoms with Crippen molar-refractivity contribution in [1.29, 1.82) is 0 Å². The second-order valence-electron chi connectivity index (χ2n) is 6.70. The summed E-state index contributed by atoms with van der Waals surface area (Å²) in [5.41, 5.74) is 2.58. The lowest BCUT2D eigenvalue weighted by molar-refractivity contribution is -0.142. The van der Waals surface area contributed by atoms with E-state index in [0.29, 0.717) is 34.2 Å². The van der Waals surface area contributed by atoms with Crippen LogP contribution in [-0.4, -0.2) is 11.8 Å². The monoisotopic (exact) mass is 386 g/mol. The quantitative estimate of drug-likeness (QED) is 0.646. The summed E-state index contributed by atoms with van der Waals surface area (Å²) < 4.78 is 5.48. The zero-order valence-electron chi connectivity index (χ0n) is 13.9. The van der Waals surface area contributed by atoms with E-state index in [9.17, 15) is 9.59 Å². The predicted octanol–water partition coefficient (Wildman–Crippen LogP) is 5.42. The fourth-order valence-electron chi connectivity index (χ4n) is 3.78. The average Bonchev–Trinajstić information content (AvgIpc) is 2.62. The Balaban J connectivity index is 1.70. The van der Waals surface area contributed by atoms with Gasteiger partial charge in [-0.15, -0.1) is 0 Å². The van der Waals surface area contributed by atoms with Crippen LogP contribution >= 0.6 is 23.2 Å². The maximum atomic E-state index is 12.9. The molecule has 26 heavy (non-hydrogen) atoms. The number of allylic oxidation sites excluding steroid dienone is 2. The molecule has 0 aromatic heterocycles. The molecule has 1 aliphatic carbocycles. The van der Waals surface area contributed by atoms with Crippen molar-refractivity contribution < 1.29 is 14.3 Å². The van der Waals surface area contributed by atoms with Crippen molar-refractivity contribution in [3.63, 3.8) is 0 Å². The molecule has 4 rings (SSSR count). The highest BCUT2D eigenvalue weighted by atomic mass is 35.5. The van der Waals surface area contributed by atoms with Crippen molar-refractivity contribution in [3.05, 3.63) is 81.0 Å². The smallest absolute Gasteiger partial charge is 0.311 e. The number of ketones is 1. The van der Waals surface area contributed by atoms with Gasteiger partial charge in [-0.3, -0.25) is 9.59 Å². The number of esters is 1. The van der Waals surface area contributed by atoms with Crippen LogP contribution in [0.4, 0.5) is 0 Å². The van der Waals surface area contributed by atoms with E-state index in [4.69, 9.17) is 27.9 Å². The topological polar surface area (TPSA) is 43.4 Å². The number of Topliss-reactive ketones (excluding diaryl/α,β-unsaturated/α-hetero) is 1. The summed E-state index contributed by atoms with van der Waals surface area (Å²) in [5, 5.41) is 1.28. The van der Waals surface area contributed by atoms with Gasteiger partial charge in [0.15, 0.2) is 5.78 Å². The maximum Gasteiger partial charge on any atom is 0.311 e. The van der Waals surface area contributed by atoms with E-state index in [1.54, 1.807) is 12.1 Å². The molecule has 0 saturated carbocycles. The van der Waals surface area contributed by atoms with E-state index in [2.05, 4.69) is 0 Å². The molecule has 1 aliphatic heterocycles. The third-order valence-electron chi connectivity index (χ3n) is 5.03. The van der Waals surface area contributed by atoms with Gasteiger partial charge in [0.25, 0.3) is 0 Å². The van der Waals surface area contributed by atoms with Gasteiger partial charge in [0, 0.05) is 34.4 Å². The van der Waals surface area contributed by atoms with Crippen molar-refractivity contribution in [2.75, 3.05) is 0 Å². The Kier molecular flexibility index (Phi) is 4.60. The van der Waals surface area contributed by atoms with Gasteiger partial charge in [-0.2, -0.15) is 0 Å². The molecule has 0 amide bonds.